The van der Waals surface area contributed by atoms with Gasteiger partial charge in [0.1, 0.15) is 53.6 Å². The highest BCUT2D eigenvalue weighted by Gasteiger charge is 2.84. The van der Waals surface area contributed by atoms with Crippen molar-refractivity contribution < 1.29 is 58.4 Å². The van der Waals surface area contributed by atoms with Gasteiger partial charge in [0.05, 0.1) is 42.2 Å². The normalized spacial score (nSPS) is 35.0. The average Bonchev–Trinajstić information content (AvgIpc) is 3.69. The zero-order valence-corrected chi connectivity index (χ0v) is 37.2. The number of benzene rings is 1. The number of carbonyl (C=O) groups excluding carboxylic acids is 2. The van der Waals surface area contributed by atoms with Crippen LogP contribution in [0.4, 0.5) is 5.95 Å². The molecule has 0 radical (unpaired) electrons. The summed E-state index contributed by atoms with van der Waals surface area (Å²) in [6.07, 6.45) is 5.59. The number of aliphatic hydroxyl groups excluding tert-OH is 4. The Labute approximate surface area is 366 Å². The van der Waals surface area contributed by atoms with E-state index in [0.29, 0.717) is 64.3 Å². The summed E-state index contributed by atoms with van der Waals surface area (Å²) in [5.41, 5.74) is 0.450. The molecule has 2 aromatic rings. The number of esters is 1. The first kappa shape index (κ1) is 43.4. The van der Waals surface area contributed by atoms with Gasteiger partial charge in [0.15, 0.2) is 17.0 Å². The monoisotopic (exact) mass is 870 g/mol. The minimum Gasteiger partial charge on any atom is -0.482 e. The van der Waals surface area contributed by atoms with Gasteiger partial charge in [-0.3, -0.25) is 4.79 Å². The molecule has 1 spiro atoms. The molecule has 16 heteroatoms. The van der Waals surface area contributed by atoms with Crippen LogP contribution in [0.3, 0.4) is 0 Å². The van der Waals surface area contributed by atoms with Gasteiger partial charge in [-0.05, 0) is 93.2 Å². The fourth-order valence-electron chi connectivity index (χ4n) is 11.1. The van der Waals surface area contributed by atoms with Gasteiger partial charge in [0.25, 0.3) is 0 Å². The fourth-order valence-corrected chi connectivity index (χ4v) is 11.1. The zero-order valence-electron chi connectivity index (χ0n) is 37.2. The predicted octanol–water partition coefficient (Wildman–Crippen LogP) is 4.66. The number of hydrogen-bond acceptors (Lipinski definition) is 15. The molecule has 10 rings (SSSR count). The molecule has 2 saturated heterocycles. The van der Waals surface area contributed by atoms with Crippen molar-refractivity contribution in [2.75, 3.05) is 19.0 Å². The van der Waals surface area contributed by atoms with Crippen LogP contribution in [0.15, 0.2) is 52.9 Å². The van der Waals surface area contributed by atoms with E-state index in [9.17, 15) is 25.2 Å². The molecular weight excluding hydrogens is 813 g/mol. The Hall–Kier alpha value is -4.84. The Bertz CT molecular complexity index is 2420. The van der Waals surface area contributed by atoms with E-state index in [4.69, 9.17) is 33.5 Å². The van der Waals surface area contributed by atoms with Gasteiger partial charge in [-0.25, -0.2) is 14.5 Å². The quantitative estimate of drug-likeness (QED) is 0.118. The third kappa shape index (κ3) is 6.38. The number of methoxy groups -OCH3 is 1. The number of nitrogens with zero attached hydrogens (tertiary/aromatic N) is 3. The minimum atomic E-state index is -1.75. The molecule has 3 aliphatic carbocycles. The molecule has 6 heterocycles. The number of ether oxygens (including phenoxy) is 6. The predicted molar refractivity (Wildman–Crippen MR) is 229 cm³/mol. The van der Waals surface area contributed by atoms with Crippen molar-refractivity contribution in [1.29, 1.82) is 0 Å². The molecule has 8 aliphatic rings. The van der Waals surface area contributed by atoms with Crippen molar-refractivity contribution in [2.45, 2.75) is 147 Å². The molecular formula is C47H58N4O12. The van der Waals surface area contributed by atoms with Gasteiger partial charge >= 0.3 is 5.97 Å². The maximum Gasteiger partial charge on any atom is 0.333 e. The number of aromatic nitrogens is 3. The summed E-state index contributed by atoms with van der Waals surface area (Å²) in [4.78, 5) is 33.0. The Morgan fingerprint density at radius 1 is 1.02 bits per heavy atom. The van der Waals surface area contributed by atoms with Gasteiger partial charge < -0.3 is 54.2 Å². The van der Waals surface area contributed by atoms with Crippen LogP contribution in [0.1, 0.15) is 104 Å². The number of anilines is 1. The lowest BCUT2D eigenvalue weighted by Crippen LogP contribution is -2.74. The summed E-state index contributed by atoms with van der Waals surface area (Å²) < 4.78 is 41.7. The van der Waals surface area contributed by atoms with Gasteiger partial charge in [-0.15, -0.1) is 5.10 Å². The van der Waals surface area contributed by atoms with Gasteiger partial charge in [0, 0.05) is 35.0 Å². The third-order valence-electron chi connectivity index (χ3n) is 14.1. The lowest BCUT2D eigenvalue weighted by Gasteiger charge is -2.61. The fraction of sp³-hybridized carbons (Fsp3) is 0.574. The summed E-state index contributed by atoms with van der Waals surface area (Å²) in [5, 5.41) is 51.7. The average molecular weight is 871 g/mol. The number of hydrogen-bond donors (Lipinski definition) is 5. The Kier molecular flexibility index (Phi) is 10.4. The topological polar surface area (TPSA) is 213 Å². The van der Waals surface area contributed by atoms with Crippen LogP contribution in [0.2, 0.25) is 0 Å². The molecule has 6 bridgehead atoms. The van der Waals surface area contributed by atoms with Crippen LogP contribution in [0, 0.1) is 11.8 Å². The van der Waals surface area contributed by atoms with Gasteiger partial charge in [0.2, 0.25) is 12.2 Å². The molecule has 1 aromatic carbocycles. The lowest BCUT2D eigenvalue weighted by molar-refractivity contribution is -0.277. The first-order valence-corrected chi connectivity index (χ1v) is 21.8. The van der Waals surface area contributed by atoms with Gasteiger partial charge in [-0.1, -0.05) is 29.4 Å². The summed E-state index contributed by atoms with van der Waals surface area (Å²) in [5.74, 6) is -0.569. The number of rotatable bonds is 11. The van der Waals surface area contributed by atoms with Crippen LogP contribution >= 0.6 is 0 Å². The number of nitrogens with one attached hydrogen (secondary N) is 1. The van der Waals surface area contributed by atoms with E-state index in [1.165, 1.54) is 12.7 Å². The Morgan fingerprint density at radius 2 is 1.76 bits per heavy atom. The molecule has 5 fully saturated rings. The molecule has 16 nitrogen and oxygen atoms in total. The summed E-state index contributed by atoms with van der Waals surface area (Å²) in [6, 6.07) is -0.674. The second kappa shape index (κ2) is 15.1. The van der Waals surface area contributed by atoms with Crippen LogP contribution in [-0.4, -0.2) is 114 Å². The second-order valence-corrected chi connectivity index (χ2v) is 19.2. The maximum atomic E-state index is 15.5. The number of carbonyl (C=O) groups is 2. The SMILES string of the molecule is COC(=O)/C(C)=C\CC12OC(C)(C)C3CC(C1=O)C1C4=C(Nc5ncn1n5)c1c(O[C@@H]5O[C@H](CO)[C@@H](O)[C@H](O)[C@H]5O)c5c(c(CC=C(C)C)c1OC432)OC(C)(CCC=C(C)C)C=C5. The van der Waals surface area contributed by atoms with Crippen LogP contribution in [0.25, 0.3) is 11.8 Å². The van der Waals surface area contributed by atoms with Crippen molar-refractivity contribution >= 4 is 29.5 Å². The number of ketones is 1. The zero-order chi connectivity index (χ0) is 45.1. The number of aliphatic hydroxyl groups is 4. The minimum absolute atomic E-state index is 0.00598. The largest absolute Gasteiger partial charge is 0.482 e. The number of fused-ring (bicyclic) bond motifs is 5. The Morgan fingerprint density at radius 3 is 2.46 bits per heavy atom. The van der Waals surface area contributed by atoms with Crippen molar-refractivity contribution in [3.05, 3.63) is 69.6 Å². The smallest absolute Gasteiger partial charge is 0.333 e. The molecule has 11 atom stereocenters. The maximum absolute atomic E-state index is 15.5. The van der Waals surface area contributed by atoms with E-state index in [2.05, 4.69) is 22.5 Å². The molecule has 5 N–H and O–H groups in total. The number of Topliss-reactive ketones (excluding diaryl/α,β-unsaturated/α-hetero) is 1. The standard InChI is InChI=1S/C47H58N4O12/c1-22(2)11-10-16-45(8)17-15-26-37(61-45)25(13-12-23(3)4)39-30(38(26)60-42-36(55)35(54)34(53)28(20-52)59-42)32-31-33(51-21-48-43(49-32)50-51)27-19-29-44(6,7)63-46(40(27)56,47(29,31)62-39)18-14-24(5)41(57)58-9/h11-12,14-15,17,21,27-29,33-36,42,52-55H,10,13,16,18-20H2,1-9H3,(H,49,50)/b24-14-/t27?,28-,29?,33?,34-,35+,36-,42+,45?,46?,47?/m1/s1. The van der Waals surface area contributed by atoms with Crippen molar-refractivity contribution in [3.63, 3.8) is 0 Å². The number of allylic oxidation sites excluding steroid dienone is 4. The molecule has 5 aliphatic heterocycles. The van der Waals surface area contributed by atoms with Crippen molar-refractivity contribution in [2.24, 2.45) is 11.8 Å². The molecule has 338 valence electrons. The van der Waals surface area contributed by atoms with E-state index >= 15 is 4.79 Å². The second-order valence-electron chi connectivity index (χ2n) is 19.2. The summed E-state index contributed by atoms with van der Waals surface area (Å²) in [7, 11) is 1.31. The Balaban J connectivity index is 1.36. The van der Waals surface area contributed by atoms with Crippen LogP contribution in [-0.2, 0) is 30.2 Å². The van der Waals surface area contributed by atoms with Crippen molar-refractivity contribution in [3.8, 4) is 17.2 Å². The summed E-state index contributed by atoms with van der Waals surface area (Å²) >= 11 is 0. The molecule has 0 amide bonds. The molecule has 6 unspecified atom stereocenters. The highest BCUT2D eigenvalue weighted by molar-refractivity contribution is 6.02. The summed E-state index contributed by atoms with van der Waals surface area (Å²) in [6.45, 7) is 15.0. The molecule has 1 aromatic heterocycles. The lowest BCUT2D eigenvalue weighted by atomic mass is 9.47. The van der Waals surface area contributed by atoms with E-state index in [0.717, 1.165) is 12.0 Å². The van der Waals surface area contributed by atoms with E-state index in [1.807, 2.05) is 60.6 Å². The van der Waals surface area contributed by atoms with E-state index in [1.54, 1.807) is 24.0 Å². The first-order valence-electron chi connectivity index (χ1n) is 21.8. The van der Waals surface area contributed by atoms with Crippen molar-refractivity contribution in [1.82, 2.24) is 14.8 Å². The van der Waals surface area contributed by atoms with Gasteiger partial charge in [-0.2, -0.15) is 0 Å². The highest BCUT2D eigenvalue weighted by atomic mass is 16.7. The van der Waals surface area contributed by atoms with Crippen LogP contribution < -0.4 is 19.5 Å². The van der Waals surface area contributed by atoms with Crippen LogP contribution in [0.5, 0.6) is 17.2 Å². The van der Waals surface area contributed by atoms with E-state index < -0.39 is 83.6 Å². The molecule has 63 heavy (non-hydrogen) atoms. The van der Waals surface area contributed by atoms with E-state index in [-0.39, 0.29) is 23.9 Å². The third-order valence-corrected chi connectivity index (χ3v) is 14.1. The highest BCUT2D eigenvalue weighted by Crippen LogP contribution is 2.73. The molecule has 3 saturated carbocycles. The first-order chi connectivity index (χ1) is 29.8.